The lowest BCUT2D eigenvalue weighted by Crippen LogP contribution is -2.32. The molecule has 1 aliphatic rings. The van der Waals surface area contributed by atoms with Gasteiger partial charge in [0.2, 0.25) is 0 Å². The number of aromatic nitrogens is 1. The van der Waals surface area contributed by atoms with Crippen molar-refractivity contribution in [3.63, 3.8) is 0 Å². The monoisotopic (exact) mass is 275 g/mol. The number of nitrogens with zero attached hydrogens (tertiary/aromatic N) is 2. The van der Waals surface area contributed by atoms with Crippen LogP contribution in [0.2, 0.25) is 0 Å². The summed E-state index contributed by atoms with van der Waals surface area (Å²) in [6.45, 7) is 4.36. The van der Waals surface area contributed by atoms with Gasteiger partial charge in [0, 0.05) is 31.4 Å². The molecule has 0 radical (unpaired) electrons. The van der Waals surface area contributed by atoms with Crippen LogP contribution >= 0.6 is 0 Å². The van der Waals surface area contributed by atoms with Gasteiger partial charge in [0.1, 0.15) is 0 Å². The largest absolute Gasteiger partial charge is 0.339 e. The average Bonchev–Trinajstić information content (AvgIpc) is 2.73. The Hall–Kier alpha value is -1.42. The zero-order chi connectivity index (χ0) is 14.4. The van der Waals surface area contributed by atoms with Gasteiger partial charge in [-0.3, -0.25) is 9.78 Å². The Labute approximate surface area is 121 Å². The number of pyridine rings is 1. The lowest BCUT2D eigenvalue weighted by Gasteiger charge is -2.21. The second-order valence-electron chi connectivity index (χ2n) is 5.62. The van der Waals surface area contributed by atoms with Gasteiger partial charge in [0.25, 0.3) is 5.91 Å². The van der Waals surface area contributed by atoms with Crippen LogP contribution in [0, 0.1) is 5.92 Å². The number of rotatable bonds is 4. The van der Waals surface area contributed by atoms with Crippen molar-refractivity contribution in [2.45, 2.75) is 45.6 Å². The van der Waals surface area contributed by atoms with E-state index < -0.39 is 0 Å². The summed E-state index contributed by atoms with van der Waals surface area (Å²) in [4.78, 5) is 18.7. The Kier molecular flexibility index (Phi) is 5.53. The third-order valence-corrected chi connectivity index (χ3v) is 4.10. The SMILES string of the molecule is CCCC1CCCN(C(=O)c2ccnc(CN)c2)CC1. The third-order valence-electron chi connectivity index (χ3n) is 4.10. The van der Waals surface area contributed by atoms with Crippen molar-refractivity contribution in [3.05, 3.63) is 29.6 Å². The molecule has 1 saturated heterocycles. The van der Waals surface area contributed by atoms with Gasteiger partial charge in [-0.25, -0.2) is 0 Å². The fraction of sp³-hybridized carbons (Fsp3) is 0.625. The molecule has 0 saturated carbocycles. The number of hydrogen-bond acceptors (Lipinski definition) is 3. The summed E-state index contributed by atoms with van der Waals surface area (Å²) in [6.07, 6.45) is 7.70. The minimum atomic E-state index is 0.124. The molecule has 0 spiro atoms. The first-order valence-electron chi connectivity index (χ1n) is 7.69. The Morgan fingerprint density at radius 1 is 1.45 bits per heavy atom. The van der Waals surface area contributed by atoms with E-state index in [1.807, 2.05) is 11.0 Å². The topological polar surface area (TPSA) is 59.2 Å². The summed E-state index contributed by atoms with van der Waals surface area (Å²) in [5.74, 6) is 0.911. The third kappa shape index (κ3) is 3.79. The van der Waals surface area contributed by atoms with Gasteiger partial charge in [-0.05, 0) is 37.3 Å². The standard InChI is InChI=1S/C16H25N3O/c1-2-4-13-5-3-9-19(10-7-13)16(20)14-6-8-18-15(11-14)12-17/h6,8,11,13H,2-5,7,9-10,12,17H2,1H3. The Morgan fingerprint density at radius 3 is 3.05 bits per heavy atom. The first-order valence-corrected chi connectivity index (χ1v) is 7.69. The first-order chi connectivity index (χ1) is 9.74. The lowest BCUT2D eigenvalue weighted by molar-refractivity contribution is 0.0759. The van der Waals surface area contributed by atoms with E-state index in [4.69, 9.17) is 5.73 Å². The molecule has 20 heavy (non-hydrogen) atoms. The van der Waals surface area contributed by atoms with Crippen LogP contribution in [0.5, 0.6) is 0 Å². The van der Waals surface area contributed by atoms with Crippen LogP contribution in [0.4, 0.5) is 0 Å². The molecule has 2 N–H and O–H groups in total. The number of hydrogen-bond donors (Lipinski definition) is 1. The van der Waals surface area contributed by atoms with Crippen molar-refractivity contribution in [3.8, 4) is 0 Å². The highest BCUT2D eigenvalue weighted by Gasteiger charge is 2.21. The quantitative estimate of drug-likeness (QED) is 0.918. The molecule has 1 aromatic heterocycles. The summed E-state index contributed by atoms with van der Waals surface area (Å²) in [5, 5.41) is 0. The minimum Gasteiger partial charge on any atom is -0.339 e. The molecule has 1 atom stereocenters. The highest BCUT2D eigenvalue weighted by molar-refractivity contribution is 5.94. The summed E-state index contributed by atoms with van der Waals surface area (Å²) >= 11 is 0. The molecule has 4 heteroatoms. The number of carbonyl (C=O) groups is 1. The van der Waals surface area contributed by atoms with Crippen LogP contribution in [-0.4, -0.2) is 28.9 Å². The molecule has 0 aliphatic carbocycles. The smallest absolute Gasteiger partial charge is 0.253 e. The molecule has 1 aromatic rings. The maximum absolute atomic E-state index is 12.5. The van der Waals surface area contributed by atoms with Crippen LogP contribution in [0.15, 0.2) is 18.3 Å². The second-order valence-corrected chi connectivity index (χ2v) is 5.62. The maximum atomic E-state index is 12.5. The van der Waals surface area contributed by atoms with Crippen molar-refractivity contribution >= 4 is 5.91 Å². The van der Waals surface area contributed by atoms with Crippen molar-refractivity contribution in [2.75, 3.05) is 13.1 Å². The molecule has 2 rings (SSSR count). The van der Waals surface area contributed by atoms with Gasteiger partial charge in [-0.2, -0.15) is 0 Å². The van der Waals surface area contributed by atoms with Gasteiger partial charge in [-0.15, -0.1) is 0 Å². The highest BCUT2D eigenvalue weighted by atomic mass is 16.2. The van der Waals surface area contributed by atoms with E-state index in [1.165, 1.54) is 19.3 Å². The van der Waals surface area contributed by atoms with Gasteiger partial charge >= 0.3 is 0 Å². The van der Waals surface area contributed by atoms with E-state index in [1.54, 1.807) is 12.3 Å². The molecule has 1 amide bonds. The molecule has 1 unspecified atom stereocenters. The van der Waals surface area contributed by atoms with Gasteiger partial charge in [0.15, 0.2) is 0 Å². The second kappa shape index (κ2) is 7.39. The van der Waals surface area contributed by atoms with Crippen LogP contribution in [0.3, 0.4) is 0 Å². The normalized spacial score (nSPS) is 19.7. The number of carbonyl (C=O) groups excluding carboxylic acids is 1. The number of likely N-dealkylation sites (tertiary alicyclic amines) is 1. The average molecular weight is 275 g/mol. The Balaban J connectivity index is 2.01. The Bertz CT molecular complexity index is 447. The molecule has 4 nitrogen and oxygen atoms in total. The van der Waals surface area contributed by atoms with Gasteiger partial charge in [-0.1, -0.05) is 19.8 Å². The fourth-order valence-electron chi connectivity index (χ4n) is 2.97. The van der Waals surface area contributed by atoms with Gasteiger partial charge in [0.05, 0.1) is 5.69 Å². The summed E-state index contributed by atoms with van der Waals surface area (Å²) in [6, 6.07) is 3.60. The molecule has 1 fully saturated rings. The van der Waals surface area contributed by atoms with E-state index >= 15 is 0 Å². The van der Waals surface area contributed by atoms with E-state index in [-0.39, 0.29) is 5.91 Å². The van der Waals surface area contributed by atoms with E-state index in [2.05, 4.69) is 11.9 Å². The first kappa shape index (κ1) is 15.0. The minimum absolute atomic E-state index is 0.124. The van der Waals surface area contributed by atoms with Crippen LogP contribution < -0.4 is 5.73 Å². The molecular weight excluding hydrogens is 250 g/mol. The maximum Gasteiger partial charge on any atom is 0.253 e. The molecule has 0 bridgehead atoms. The highest BCUT2D eigenvalue weighted by Crippen LogP contribution is 2.22. The molecule has 2 heterocycles. The summed E-state index contributed by atoms with van der Waals surface area (Å²) in [5.41, 5.74) is 7.08. The Morgan fingerprint density at radius 2 is 2.30 bits per heavy atom. The molecule has 0 aromatic carbocycles. The van der Waals surface area contributed by atoms with Gasteiger partial charge < -0.3 is 10.6 Å². The van der Waals surface area contributed by atoms with Crippen molar-refractivity contribution in [2.24, 2.45) is 11.7 Å². The molecular formula is C16H25N3O. The number of amides is 1. The van der Waals surface area contributed by atoms with Crippen molar-refractivity contribution in [1.82, 2.24) is 9.88 Å². The van der Waals surface area contributed by atoms with E-state index in [9.17, 15) is 4.79 Å². The van der Waals surface area contributed by atoms with Crippen LogP contribution in [-0.2, 0) is 6.54 Å². The summed E-state index contributed by atoms with van der Waals surface area (Å²) < 4.78 is 0. The van der Waals surface area contributed by atoms with Crippen molar-refractivity contribution in [1.29, 1.82) is 0 Å². The zero-order valence-electron chi connectivity index (χ0n) is 12.3. The zero-order valence-corrected chi connectivity index (χ0v) is 12.3. The summed E-state index contributed by atoms with van der Waals surface area (Å²) in [7, 11) is 0. The van der Waals surface area contributed by atoms with Crippen molar-refractivity contribution < 1.29 is 4.79 Å². The van der Waals surface area contributed by atoms with Crippen LogP contribution in [0.1, 0.15) is 55.1 Å². The lowest BCUT2D eigenvalue weighted by atomic mass is 9.96. The predicted molar refractivity (Wildman–Crippen MR) is 80.3 cm³/mol. The predicted octanol–water partition coefficient (Wildman–Crippen LogP) is 2.58. The fourth-order valence-corrected chi connectivity index (χ4v) is 2.97. The molecule has 110 valence electrons. The van der Waals surface area contributed by atoms with Crippen LogP contribution in [0.25, 0.3) is 0 Å². The van der Waals surface area contributed by atoms with E-state index in [0.717, 1.165) is 43.1 Å². The molecule has 1 aliphatic heterocycles. The number of nitrogens with two attached hydrogens (primary N) is 1. The van der Waals surface area contributed by atoms with E-state index in [0.29, 0.717) is 6.54 Å².